The fourth-order valence-corrected chi connectivity index (χ4v) is 5.82. The van der Waals surface area contributed by atoms with Crippen LogP contribution in [0.3, 0.4) is 0 Å². The zero-order valence-corrected chi connectivity index (χ0v) is 18.7. The van der Waals surface area contributed by atoms with Crippen molar-refractivity contribution >= 4 is 50.3 Å². The average Bonchev–Trinajstić information content (AvgIpc) is 3.36. The predicted molar refractivity (Wildman–Crippen MR) is 124 cm³/mol. The number of thiophene rings is 1. The third-order valence-corrected chi connectivity index (χ3v) is 7.68. The fourth-order valence-electron chi connectivity index (χ4n) is 4.47. The summed E-state index contributed by atoms with van der Waals surface area (Å²) < 4.78 is 2.90. The molecule has 1 aliphatic rings. The molecule has 5 rings (SSSR count). The predicted octanol–water partition coefficient (Wildman–Crippen LogP) is 4.65. The van der Waals surface area contributed by atoms with Crippen molar-refractivity contribution in [2.45, 2.75) is 38.5 Å². The molecule has 1 aliphatic carbocycles. The van der Waals surface area contributed by atoms with Gasteiger partial charge >= 0.3 is 0 Å². The Bertz CT molecular complexity index is 1270. The van der Waals surface area contributed by atoms with E-state index < -0.39 is 0 Å². The van der Waals surface area contributed by atoms with E-state index in [1.807, 2.05) is 16.6 Å². The number of hydrogen-bond donors (Lipinski definition) is 2. The fraction of sp³-hybridized carbons (Fsp3) is 0.364. The number of nitrogens with one attached hydrogen (secondary N) is 1. The van der Waals surface area contributed by atoms with Gasteiger partial charge in [0.2, 0.25) is 5.91 Å². The van der Waals surface area contributed by atoms with E-state index in [4.69, 9.17) is 22.3 Å². The maximum absolute atomic E-state index is 11.2. The third kappa shape index (κ3) is 3.74. The van der Waals surface area contributed by atoms with Crippen LogP contribution in [0.2, 0.25) is 5.02 Å². The standard InChI is InChI=1S/C22H23ClN6OS/c1-12(30)25-10-13-5-7-14(8-6-13)22-28-18(19-21(24)26-11-27-29(19)22)17-9-15-3-2-4-16(23)20(15)31-17/h2-4,9,11,13-14H,5-8,10H2,1H3,(H,25,30)(H2,24,26,27). The van der Waals surface area contributed by atoms with Gasteiger partial charge in [0.1, 0.15) is 23.4 Å². The lowest BCUT2D eigenvalue weighted by molar-refractivity contribution is -0.119. The molecule has 1 amide bonds. The molecular weight excluding hydrogens is 432 g/mol. The lowest BCUT2D eigenvalue weighted by Gasteiger charge is -2.27. The molecule has 4 aromatic rings. The molecule has 0 atom stereocenters. The van der Waals surface area contributed by atoms with E-state index in [9.17, 15) is 4.79 Å². The number of halogens is 1. The van der Waals surface area contributed by atoms with E-state index in [0.29, 0.717) is 17.7 Å². The number of rotatable bonds is 4. The summed E-state index contributed by atoms with van der Waals surface area (Å²) in [7, 11) is 0. The van der Waals surface area contributed by atoms with E-state index in [0.717, 1.165) is 69.2 Å². The van der Waals surface area contributed by atoms with Gasteiger partial charge in [0.25, 0.3) is 0 Å². The van der Waals surface area contributed by atoms with Gasteiger partial charge in [-0.25, -0.2) is 14.5 Å². The first-order chi connectivity index (χ1) is 15.0. The van der Waals surface area contributed by atoms with Crippen LogP contribution < -0.4 is 11.1 Å². The number of fused-ring (bicyclic) bond motifs is 2. The molecule has 160 valence electrons. The number of nitrogen functional groups attached to an aromatic ring is 1. The largest absolute Gasteiger partial charge is 0.382 e. The van der Waals surface area contributed by atoms with Crippen molar-refractivity contribution in [3.05, 3.63) is 41.4 Å². The lowest BCUT2D eigenvalue weighted by atomic mass is 9.81. The van der Waals surface area contributed by atoms with Gasteiger partial charge in [-0.05, 0) is 49.1 Å². The molecule has 7 nitrogen and oxygen atoms in total. The molecule has 1 saturated carbocycles. The molecule has 3 heterocycles. The van der Waals surface area contributed by atoms with Crippen LogP contribution in [0.4, 0.5) is 5.82 Å². The van der Waals surface area contributed by atoms with Gasteiger partial charge in [0, 0.05) is 19.4 Å². The average molecular weight is 455 g/mol. The number of hydrogen-bond acceptors (Lipinski definition) is 6. The summed E-state index contributed by atoms with van der Waals surface area (Å²) in [6, 6.07) is 8.01. The summed E-state index contributed by atoms with van der Waals surface area (Å²) in [6.45, 7) is 2.31. The summed E-state index contributed by atoms with van der Waals surface area (Å²) in [5.74, 6) is 2.19. The molecule has 9 heteroatoms. The van der Waals surface area contributed by atoms with Gasteiger partial charge in [-0.1, -0.05) is 23.7 Å². The minimum atomic E-state index is 0.0293. The molecular formula is C22H23ClN6OS. The van der Waals surface area contributed by atoms with E-state index in [1.54, 1.807) is 18.3 Å². The Morgan fingerprint density at radius 2 is 2.13 bits per heavy atom. The third-order valence-electron chi connectivity index (χ3n) is 6.07. The Morgan fingerprint density at radius 1 is 1.32 bits per heavy atom. The zero-order chi connectivity index (χ0) is 21.5. The molecule has 3 N–H and O–H groups in total. The van der Waals surface area contributed by atoms with Crippen LogP contribution in [0.25, 0.3) is 26.2 Å². The first-order valence-corrected chi connectivity index (χ1v) is 11.6. The van der Waals surface area contributed by atoms with E-state index in [1.165, 1.54) is 6.33 Å². The van der Waals surface area contributed by atoms with Gasteiger partial charge in [-0.3, -0.25) is 4.79 Å². The first kappa shape index (κ1) is 20.2. The van der Waals surface area contributed by atoms with Gasteiger partial charge in [0.15, 0.2) is 5.82 Å². The Kier molecular flexibility index (Phi) is 5.27. The monoisotopic (exact) mass is 454 g/mol. The highest BCUT2D eigenvalue weighted by Crippen LogP contribution is 2.42. The van der Waals surface area contributed by atoms with Crippen molar-refractivity contribution < 1.29 is 4.79 Å². The number of nitrogens with two attached hydrogens (primary N) is 1. The minimum absolute atomic E-state index is 0.0293. The SMILES string of the molecule is CC(=O)NCC1CCC(c2nc(-c3cc4cccc(Cl)c4s3)c3c(N)ncnn23)CC1. The molecule has 0 unspecified atom stereocenters. The Balaban J connectivity index is 1.51. The van der Waals surface area contributed by atoms with Crippen LogP contribution >= 0.6 is 22.9 Å². The summed E-state index contributed by atoms with van der Waals surface area (Å²) in [5.41, 5.74) is 7.84. The van der Waals surface area contributed by atoms with Gasteiger partial charge in [-0.2, -0.15) is 5.10 Å². The highest BCUT2D eigenvalue weighted by Gasteiger charge is 2.28. The molecule has 0 bridgehead atoms. The first-order valence-electron chi connectivity index (χ1n) is 10.4. The second-order valence-electron chi connectivity index (χ2n) is 8.15. The molecule has 1 fully saturated rings. The van der Waals surface area contributed by atoms with E-state index >= 15 is 0 Å². The highest BCUT2D eigenvalue weighted by molar-refractivity contribution is 7.22. The van der Waals surface area contributed by atoms with Crippen LogP contribution in [0.5, 0.6) is 0 Å². The Hall–Kier alpha value is -2.71. The second-order valence-corrected chi connectivity index (χ2v) is 9.61. The number of anilines is 1. The maximum Gasteiger partial charge on any atom is 0.216 e. The van der Waals surface area contributed by atoms with Crippen LogP contribution in [-0.2, 0) is 4.79 Å². The number of carbonyl (C=O) groups excluding carboxylic acids is 1. The van der Waals surface area contributed by atoms with Gasteiger partial charge < -0.3 is 11.1 Å². The molecule has 1 aromatic carbocycles. The quantitative estimate of drug-likeness (QED) is 0.467. The number of aromatic nitrogens is 4. The molecule has 0 spiro atoms. The Labute approximate surface area is 188 Å². The second kappa shape index (κ2) is 8.09. The summed E-state index contributed by atoms with van der Waals surface area (Å²) >= 11 is 8.01. The highest BCUT2D eigenvalue weighted by atomic mass is 35.5. The van der Waals surface area contributed by atoms with Crippen molar-refractivity contribution in [1.82, 2.24) is 24.9 Å². The summed E-state index contributed by atoms with van der Waals surface area (Å²) in [4.78, 5) is 21.5. The molecule has 0 aliphatic heterocycles. The van der Waals surface area contributed by atoms with E-state index in [2.05, 4.69) is 27.5 Å². The minimum Gasteiger partial charge on any atom is -0.382 e. The van der Waals surface area contributed by atoms with Crippen molar-refractivity contribution in [3.63, 3.8) is 0 Å². The van der Waals surface area contributed by atoms with Crippen molar-refractivity contribution in [2.24, 2.45) is 5.92 Å². The van der Waals surface area contributed by atoms with Gasteiger partial charge in [-0.15, -0.1) is 11.3 Å². The maximum atomic E-state index is 11.2. The number of amides is 1. The molecule has 0 saturated heterocycles. The Morgan fingerprint density at radius 3 is 2.87 bits per heavy atom. The van der Waals surface area contributed by atoms with Crippen LogP contribution in [0.1, 0.15) is 44.3 Å². The topological polar surface area (TPSA) is 98.2 Å². The number of imidazole rings is 1. The lowest BCUT2D eigenvalue weighted by Crippen LogP contribution is -2.29. The van der Waals surface area contributed by atoms with Crippen molar-refractivity contribution in [2.75, 3.05) is 12.3 Å². The number of nitrogens with zero attached hydrogens (tertiary/aromatic N) is 4. The van der Waals surface area contributed by atoms with Crippen molar-refractivity contribution in [3.8, 4) is 10.6 Å². The summed E-state index contributed by atoms with van der Waals surface area (Å²) in [5, 5.41) is 9.26. The van der Waals surface area contributed by atoms with Crippen LogP contribution in [-0.4, -0.2) is 32.0 Å². The normalized spacial score (nSPS) is 19.2. The van der Waals surface area contributed by atoms with Gasteiger partial charge in [0.05, 0.1) is 14.6 Å². The van der Waals surface area contributed by atoms with E-state index in [-0.39, 0.29) is 5.91 Å². The molecule has 3 aromatic heterocycles. The zero-order valence-electron chi connectivity index (χ0n) is 17.1. The van der Waals surface area contributed by atoms with Crippen molar-refractivity contribution in [1.29, 1.82) is 0 Å². The smallest absolute Gasteiger partial charge is 0.216 e. The number of carbonyl (C=O) groups is 1. The number of benzene rings is 1. The van der Waals surface area contributed by atoms with Crippen LogP contribution in [0, 0.1) is 5.92 Å². The summed E-state index contributed by atoms with van der Waals surface area (Å²) in [6.07, 6.45) is 5.60. The van der Waals surface area contributed by atoms with Crippen LogP contribution in [0.15, 0.2) is 30.6 Å². The molecule has 31 heavy (non-hydrogen) atoms. The molecule has 0 radical (unpaired) electrons.